The normalized spacial score (nSPS) is 11.8. The van der Waals surface area contributed by atoms with Gasteiger partial charge < -0.3 is 5.11 Å². The molecule has 0 aliphatic rings. The average molecular weight is 364 g/mol. The third kappa shape index (κ3) is 4.57. The van der Waals surface area contributed by atoms with Gasteiger partial charge in [-0.25, -0.2) is 4.79 Å². The Kier molecular flexibility index (Phi) is 5.75. The Balaban J connectivity index is 2.23. The molecule has 0 bridgehead atoms. The fourth-order valence-corrected chi connectivity index (χ4v) is 3.01. The molecule has 1 unspecified atom stereocenters. The van der Waals surface area contributed by atoms with E-state index in [1.165, 1.54) is 11.3 Å². The summed E-state index contributed by atoms with van der Waals surface area (Å²) in [5, 5.41) is 31.4. The van der Waals surface area contributed by atoms with Crippen molar-refractivity contribution in [3.8, 4) is 0 Å². The number of nitrogens with one attached hydrogen (secondary N) is 1. The lowest BCUT2D eigenvalue weighted by Crippen LogP contribution is -2.13. The molecular formula is C15H16N4O5S. The molecule has 0 spiro atoms. The second kappa shape index (κ2) is 7.79. The van der Waals surface area contributed by atoms with Crippen LogP contribution in [0.3, 0.4) is 0 Å². The Hall–Kier alpha value is -2.88. The van der Waals surface area contributed by atoms with Gasteiger partial charge in [0.05, 0.1) is 10.5 Å². The second-order valence-corrected chi connectivity index (χ2v) is 6.43. The summed E-state index contributed by atoms with van der Waals surface area (Å²) >= 11 is 1.22. The Morgan fingerprint density at radius 2 is 2.00 bits per heavy atom. The maximum absolute atomic E-state index is 12.3. The molecule has 0 saturated carbocycles. The van der Waals surface area contributed by atoms with Crippen LogP contribution in [0.2, 0.25) is 0 Å². The lowest BCUT2D eigenvalue weighted by atomic mass is 10.1. The molecule has 1 amide bonds. The Morgan fingerprint density at radius 1 is 1.32 bits per heavy atom. The minimum Gasteiger partial charge on any atom is -0.478 e. The van der Waals surface area contributed by atoms with Crippen LogP contribution >= 0.6 is 11.3 Å². The fourth-order valence-electron chi connectivity index (χ4n) is 2.18. The lowest BCUT2D eigenvalue weighted by molar-refractivity contribution is -0.384. The predicted octanol–water partition coefficient (Wildman–Crippen LogP) is 3.30. The number of rotatable bonds is 7. The summed E-state index contributed by atoms with van der Waals surface area (Å²) in [6.07, 6.45) is 1.93. The molecule has 0 aliphatic heterocycles. The zero-order chi connectivity index (χ0) is 18.6. The standard InChI is InChI=1S/C15H16N4O5S/c1-3-4-8(2)13-17-18-15(25-13)16-12(20)9-5-10(14(21)22)7-11(6-9)19(23)24/h5-8H,3-4H2,1-2H3,(H,21,22)(H,16,18,20). The minimum absolute atomic E-state index is 0.134. The van der Waals surface area contributed by atoms with Gasteiger partial charge in [0.1, 0.15) is 5.01 Å². The molecule has 25 heavy (non-hydrogen) atoms. The summed E-state index contributed by atoms with van der Waals surface area (Å²) in [6, 6.07) is 2.99. The van der Waals surface area contributed by atoms with Crippen LogP contribution in [0.4, 0.5) is 10.8 Å². The van der Waals surface area contributed by atoms with Gasteiger partial charge in [-0.1, -0.05) is 31.6 Å². The highest BCUT2D eigenvalue weighted by atomic mass is 32.1. The molecule has 2 N–H and O–H groups in total. The molecular weight excluding hydrogens is 348 g/mol. The topological polar surface area (TPSA) is 135 Å². The third-order valence-corrected chi connectivity index (χ3v) is 4.51. The van der Waals surface area contributed by atoms with E-state index in [1.54, 1.807) is 0 Å². The first-order valence-corrected chi connectivity index (χ1v) is 8.31. The van der Waals surface area contributed by atoms with E-state index in [0.717, 1.165) is 36.0 Å². The maximum atomic E-state index is 12.3. The number of nitro groups is 1. The smallest absolute Gasteiger partial charge is 0.335 e. The van der Waals surface area contributed by atoms with E-state index < -0.39 is 22.5 Å². The van der Waals surface area contributed by atoms with Crippen molar-refractivity contribution >= 4 is 34.0 Å². The van der Waals surface area contributed by atoms with Gasteiger partial charge in [-0.3, -0.25) is 20.2 Å². The number of aromatic carboxylic acids is 1. The summed E-state index contributed by atoms with van der Waals surface area (Å²) in [6.45, 7) is 4.07. The number of benzene rings is 1. The van der Waals surface area contributed by atoms with E-state index in [4.69, 9.17) is 5.11 Å². The number of nitro benzene ring substituents is 1. The van der Waals surface area contributed by atoms with Crippen LogP contribution in [0.15, 0.2) is 18.2 Å². The second-order valence-electron chi connectivity index (χ2n) is 5.42. The van der Waals surface area contributed by atoms with Crippen molar-refractivity contribution in [2.75, 3.05) is 5.32 Å². The monoisotopic (exact) mass is 364 g/mol. The molecule has 1 aromatic carbocycles. The number of amides is 1. The van der Waals surface area contributed by atoms with Crippen molar-refractivity contribution < 1.29 is 19.6 Å². The van der Waals surface area contributed by atoms with Gasteiger partial charge in [-0.2, -0.15) is 0 Å². The first-order chi connectivity index (χ1) is 11.8. The number of carboxylic acid groups (broad SMARTS) is 1. The Morgan fingerprint density at radius 3 is 2.60 bits per heavy atom. The van der Waals surface area contributed by atoms with Gasteiger partial charge in [0.15, 0.2) is 0 Å². The molecule has 0 aliphatic carbocycles. The van der Waals surface area contributed by atoms with Crippen LogP contribution in [0.1, 0.15) is 58.3 Å². The number of anilines is 1. The molecule has 9 nitrogen and oxygen atoms in total. The molecule has 1 heterocycles. The fraction of sp³-hybridized carbons (Fsp3) is 0.333. The maximum Gasteiger partial charge on any atom is 0.335 e. The molecule has 2 aromatic rings. The molecule has 132 valence electrons. The van der Waals surface area contributed by atoms with E-state index in [9.17, 15) is 19.7 Å². The number of nitrogens with zero attached hydrogens (tertiary/aromatic N) is 3. The van der Waals surface area contributed by atoms with Crippen LogP contribution in [-0.2, 0) is 0 Å². The molecule has 2 rings (SSSR count). The summed E-state index contributed by atoms with van der Waals surface area (Å²) in [5.74, 6) is -1.83. The Bertz CT molecular complexity index is 788. The highest BCUT2D eigenvalue weighted by Gasteiger charge is 2.19. The van der Waals surface area contributed by atoms with Crippen LogP contribution in [0.25, 0.3) is 0 Å². The van der Waals surface area contributed by atoms with E-state index >= 15 is 0 Å². The number of non-ortho nitro benzene ring substituents is 1. The van der Waals surface area contributed by atoms with Gasteiger partial charge >= 0.3 is 5.97 Å². The first kappa shape index (κ1) is 18.5. The van der Waals surface area contributed by atoms with E-state index in [1.807, 2.05) is 6.92 Å². The zero-order valence-electron chi connectivity index (χ0n) is 13.6. The van der Waals surface area contributed by atoms with E-state index in [-0.39, 0.29) is 22.2 Å². The number of carbonyl (C=O) groups is 2. The van der Waals surface area contributed by atoms with Gasteiger partial charge in [-0.05, 0) is 12.5 Å². The highest BCUT2D eigenvalue weighted by molar-refractivity contribution is 7.15. The van der Waals surface area contributed by atoms with Crippen molar-refractivity contribution in [2.45, 2.75) is 32.6 Å². The number of hydrogen-bond acceptors (Lipinski definition) is 7. The third-order valence-electron chi connectivity index (χ3n) is 3.44. The molecule has 1 atom stereocenters. The SMILES string of the molecule is CCCC(C)c1nnc(NC(=O)c2cc(C(=O)O)cc([N+](=O)[O-])c2)s1. The summed E-state index contributed by atoms with van der Waals surface area (Å²) < 4.78 is 0. The number of aromatic nitrogens is 2. The minimum atomic E-state index is -1.36. The molecule has 10 heteroatoms. The van der Waals surface area contributed by atoms with Crippen molar-refractivity contribution in [1.82, 2.24) is 10.2 Å². The first-order valence-electron chi connectivity index (χ1n) is 7.49. The quantitative estimate of drug-likeness (QED) is 0.568. The number of hydrogen-bond donors (Lipinski definition) is 2. The summed E-state index contributed by atoms with van der Waals surface area (Å²) in [5.41, 5.74) is -0.946. The molecule has 0 radical (unpaired) electrons. The highest BCUT2D eigenvalue weighted by Crippen LogP contribution is 2.27. The van der Waals surface area contributed by atoms with Gasteiger partial charge in [0.25, 0.3) is 11.6 Å². The van der Waals surface area contributed by atoms with E-state index in [0.29, 0.717) is 0 Å². The summed E-state index contributed by atoms with van der Waals surface area (Å²) in [7, 11) is 0. The summed E-state index contributed by atoms with van der Waals surface area (Å²) in [4.78, 5) is 33.5. The number of carbonyl (C=O) groups excluding carboxylic acids is 1. The van der Waals surface area contributed by atoms with Gasteiger partial charge in [0, 0.05) is 23.6 Å². The van der Waals surface area contributed by atoms with Crippen molar-refractivity contribution in [3.05, 3.63) is 44.4 Å². The predicted molar refractivity (Wildman–Crippen MR) is 91.2 cm³/mol. The van der Waals surface area contributed by atoms with Crippen LogP contribution in [0, 0.1) is 10.1 Å². The van der Waals surface area contributed by atoms with Crippen LogP contribution in [0.5, 0.6) is 0 Å². The molecule has 0 fully saturated rings. The van der Waals surface area contributed by atoms with Crippen molar-refractivity contribution in [1.29, 1.82) is 0 Å². The van der Waals surface area contributed by atoms with Crippen LogP contribution in [-0.4, -0.2) is 32.1 Å². The van der Waals surface area contributed by atoms with Crippen LogP contribution < -0.4 is 5.32 Å². The van der Waals surface area contributed by atoms with E-state index in [2.05, 4.69) is 22.4 Å². The molecule has 1 aromatic heterocycles. The zero-order valence-corrected chi connectivity index (χ0v) is 14.4. The largest absolute Gasteiger partial charge is 0.478 e. The van der Waals surface area contributed by atoms with Gasteiger partial charge in [0.2, 0.25) is 5.13 Å². The number of carboxylic acids is 1. The lowest BCUT2D eigenvalue weighted by Gasteiger charge is -2.04. The Labute approximate surface area is 146 Å². The average Bonchev–Trinajstić information content (AvgIpc) is 3.03. The van der Waals surface area contributed by atoms with Crippen molar-refractivity contribution in [2.24, 2.45) is 0 Å². The van der Waals surface area contributed by atoms with Crippen molar-refractivity contribution in [3.63, 3.8) is 0 Å². The molecule has 0 saturated heterocycles. The van der Waals surface area contributed by atoms with Gasteiger partial charge in [-0.15, -0.1) is 10.2 Å².